The third kappa shape index (κ3) is 5.98. The van der Waals surface area contributed by atoms with Crippen LogP contribution in [-0.2, 0) is 0 Å². The number of furan rings is 2. The highest BCUT2D eigenvalue weighted by Gasteiger charge is 2.18. The summed E-state index contributed by atoms with van der Waals surface area (Å²) in [6, 6.07) is 79.8. The molecule has 0 amide bonds. The Morgan fingerprint density at radius 3 is 1.43 bits per heavy atom. The average Bonchev–Trinajstić information content (AvgIpc) is 3.92. The second-order valence-corrected chi connectivity index (χ2v) is 15.6. The number of fused-ring (bicyclic) bond motifs is 8. The molecule has 12 rings (SSSR count). The number of rotatable bonds is 7. The van der Waals surface area contributed by atoms with Crippen molar-refractivity contribution >= 4 is 71.7 Å². The molecule has 0 fully saturated rings. The van der Waals surface area contributed by atoms with E-state index in [2.05, 4.69) is 217 Å². The minimum Gasteiger partial charge on any atom is -0.455 e. The molecule has 10 aromatic carbocycles. The van der Waals surface area contributed by atoms with E-state index in [1.807, 2.05) is 12.1 Å². The third-order valence-electron chi connectivity index (χ3n) is 12.1. The number of anilines is 3. The lowest BCUT2D eigenvalue weighted by atomic mass is 9.97. The van der Waals surface area contributed by atoms with E-state index in [-0.39, 0.29) is 0 Å². The molecule has 0 atom stereocenters. The van der Waals surface area contributed by atoms with Crippen LogP contribution >= 0.6 is 0 Å². The van der Waals surface area contributed by atoms with Gasteiger partial charge >= 0.3 is 0 Å². The van der Waals surface area contributed by atoms with Crippen LogP contribution in [0.4, 0.5) is 17.1 Å². The van der Waals surface area contributed by atoms with Gasteiger partial charge in [-0.25, -0.2) is 0 Å². The molecule has 0 N–H and O–H groups in total. The maximum Gasteiger partial charge on any atom is 0.143 e. The van der Waals surface area contributed by atoms with Crippen molar-refractivity contribution in [3.05, 3.63) is 224 Å². The molecule has 12 aromatic rings. The molecule has 0 radical (unpaired) electrons. The number of nitrogens with zero attached hydrogens (tertiary/aromatic N) is 1. The lowest BCUT2D eigenvalue weighted by Gasteiger charge is -2.26. The third-order valence-corrected chi connectivity index (χ3v) is 12.1. The van der Waals surface area contributed by atoms with E-state index in [0.29, 0.717) is 0 Å². The van der Waals surface area contributed by atoms with Crippen molar-refractivity contribution in [2.24, 2.45) is 0 Å². The van der Waals surface area contributed by atoms with Crippen molar-refractivity contribution in [1.29, 1.82) is 0 Å². The first-order chi connectivity index (χ1) is 30.2. The lowest BCUT2D eigenvalue weighted by Crippen LogP contribution is -2.09. The van der Waals surface area contributed by atoms with Gasteiger partial charge in [-0.1, -0.05) is 170 Å². The molecule has 286 valence electrons. The second kappa shape index (κ2) is 14.3. The van der Waals surface area contributed by atoms with E-state index >= 15 is 0 Å². The van der Waals surface area contributed by atoms with E-state index in [9.17, 15) is 0 Å². The number of benzene rings is 10. The summed E-state index contributed by atoms with van der Waals surface area (Å²) in [4.78, 5) is 2.33. The molecule has 3 heteroatoms. The Morgan fingerprint density at radius 2 is 0.738 bits per heavy atom. The molecular weight excluding hydrogens is 743 g/mol. The molecular formula is C58H37NO2. The second-order valence-electron chi connectivity index (χ2n) is 15.6. The highest BCUT2D eigenvalue weighted by molar-refractivity contribution is 6.19. The maximum atomic E-state index is 6.54. The zero-order valence-corrected chi connectivity index (χ0v) is 33.1. The summed E-state index contributed by atoms with van der Waals surface area (Å²) in [5.41, 5.74) is 16.1. The highest BCUT2D eigenvalue weighted by atomic mass is 16.3. The Hall–Kier alpha value is -8.14. The van der Waals surface area contributed by atoms with E-state index in [0.717, 1.165) is 88.6 Å². The minimum absolute atomic E-state index is 0.891. The molecule has 0 saturated carbocycles. The van der Waals surface area contributed by atoms with Crippen LogP contribution in [0.3, 0.4) is 0 Å². The van der Waals surface area contributed by atoms with Crippen molar-refractivity contribution in [3.63, 3.8) is 0 Å². The highest BCUT2D eigenvalue weighted by Crippen LogP contribution is 2.43. The molecule has 0 bridgehead atoms. The van der Waals surface area contributed by atoms with Crippen LogP contribution in [-0.4, -0.2) is 0 Å². The fourth-order valence-electron chi connectivity index (χ4n) is 9.08. The molecule has 2 aromatic heterocycles. The van der Waals surface area contributed by atoms with Gasteiger partial charge in [0.25, 0.3) is 0 Å². The summed E-state index contributed by atoms with van der Waals surface area (Å²) in [6.07, 6.45) is 0. The molecule has 0 saturated heterocycles. The SMILES string of the molecule is c1ccc(-c2ccc(-c3ccc(N(c4ccc(-c5cccc6c5oc5ccccc56)cc4)c4ccc(-c5cccc6oc7c8ccccc8ccc7c56)cc4)cc3)cc2)cc1. The van der Waals surface area contributed by atoms with Crippen LogP contribution in [0.25, 0.3) is 99.2 Å². The Balaban J connectivity index is 0.933. The molecule has 3 nitrogen and oxygen atoms in total. The van der Waals surface area contributed by atoms with E-state index in [4.69, 9.17) is 8.83 Å². The fourth-order valence-corrected chi connectivity index (χ4v) is 9.08. The quantitative estimate of drug-likeness (QED) is 0.161. The van der Waals surface area contributed by atoms with Gasteiger partial charge in [0.2, 0.25) is 0 Å². The van der Waals surface area contributed by atoms with E-state index < -0.39 is 0 Å². The fraction of sp³-hybridized carbons (Fsp3) is 0. The predicted molar refractivity (Wildman–Crippen MR) is 255 cm³/mol. The first-order valence-electron chi connectivity index (χ1n) is 20.7. The van der Waals surface area contributed by atoms with Gasteiger partial charge in [-0.15, -0.1) is 0 Å². The Bertz CT molecular complexity index is 3540. The van der Waals surface area contributed by atoms with Gasteiger partial charge in [0.1, 0.15) is 22.3 Å². The summed E-state index contributed by atoms with van der Waals surface area (Å²) < 4.78 is 13.0. The molecule has 0 aliphatic heterocycles. The van der Waals surface area contributed by atoms with Crippen molar-refractivity contribution in [1.82, 2.24) is 0 Å². The van der Waals surface area contributed by atoms with Crippen LogP contribution in [0.15, 0.2) is 233 Å². The van der Waals surface area contributed by atoms with E-state index in [1.54, 1.807) is 0 Å². The Morgan fingerprint density at radius 1 is 0.262 bits per heavy atom. The van der Waals surface area contributed by atoms with Gasteiger partial charge in [0.15, 0.2) is 0 Å². The smallest absolute Gasteiger partial charge is 0.143 e. The largest absolute Gasteiger partial charge is 0.455 e. The number of para-hydroxylation sites is 2. The maximum absolute atomic E-state index is 6.54. The molecule has 0 unspecified atom stereocenters. The topological polar surface area (TPSA) is 29.5 Å². The summed E-state index contributed by atoms with van der Waals surface area (Å²) in [6.45, 7) is 0. The normalized spacial score (nSPS) is 11.6. The molecule has 0 spiro atoms. The molecule has 0 aliphatic rings. The van der Waals surface area contributed by atoms with Crippen LogP contribution in [0.2, 0.25) is 0 Å². The standard InChI is InChI=1S/C58H37NO2/c1-2-10-38(11-3-1)39-20-22-40(23-21-39)41-24-31-45(32-25-41)59(47-35-28-44(29-36-47)50-16-8-17-52-51-14-6-7-18-54(51)60-57(50)52)46-33-26-43(27-34-46)48-15-9-19-55-56(48)53-37-30-42-12-4-5-13-49(42)58(53)61-55/h1-37H. The van der Waals surface area contributed by atoms with Crippen molar-refractivity contribution in [3.8, 4) is 44.5 Å². The summed E-state index contributed by atoms with van der Waals surface area (Å²) in [7, 11) is 0. The van der Waals surface area contributed by atoms with Gasteiger partial charge in [0.05, 0.1) is 0 Å². The first kappa shape index (κ1) is 34.9. The van der Waals surface area contributed by atoms with Crippen LogP contribution in [0.5, 0.6) is 0 Å². The Kier molecular flexibility index (Phi) is 8.17. The molecule has 2 heterocycles. The number of hydrogen-bond donors (Lipinski definition) is 0. The average molecular weight is 780 g/mol. The van der Waals surface area contributed by atoms with Crippen molar-refractivity contribution < 1.29 is 8.83 Å². The monoisotopic (exact) mass is 779 g/mol. The van der Waals surface area contributed by atoms with Gasteiger partial charge in [-0.05, 0) is 98.9 Å². The van der Waals surface area contributed by atoms with Crippen LogP contribution < -0.4 is 4.90 Å². The summed E-state index contributed by atoms with van der Waals surface area (Å²) in [5, 5.41) is 6.82. The first-order valence-corrected chi connectivity index (χ1v) is 20.7. The zero-order valence-electron chi connectivity index (χ0n) is 33.1. The van der Waals surface area contributed by atoms with Crippen molar-refractivity contribution in [2.45, 2.75) is 0 Å². The lowest BCUT2D eigenvalue weighted by molar-refractivity contribution is 0.670. The van der Waals surface area contributed by atoms with Crippen molar-refractivity contribution in [2.75, 3.05) is 4.90 Å². The number of hydrogen-bond acceptors (Lipinski definition) is 3. The van der Waals surface area contributed by atoms with Gasteiger partial charge in [-0.3, -0.25) is 0 Å². The predicted octanol–water partition coefficient (Wildman–Crippen LogP) is 16.8. The molecule has 61 heavy (non-hydrogen) atoms. The minimum atomic E-state index is 0.891. The van der Waals surface area contributed by atoms with Gasteiger partial charge in [0, 0.05) is 49.6 Å². The van der Waals surface area contributed by atoms with Gasteiger partial charge < -0.3 is 13.7 Å². The summed E-state index contributed by atoms with van der Waals surface area (Å²) >= 11 is 0. The zero-order chi connectivity index (χ0) is 40.3. The van der Waals surface area contributed by atoms with Crippen LogP contribution in [0, 0.1) is 0 Å². The Labute approximate surface area is 353 Å². The summed E-state index contributed by atoms with van der Waals surface area (Å²) in [5.74, 6) is 0. The molecule has 0 aliphatic carbocycles. The van der Waals surface area contributed by atoms with E-state index in [1.165, 1.54) is 27.6 Å². The van der Waals surface area contributed by atoms with Crippen LogP contribution in [0.1, 0.15) is 0 Å². The van der Waals surface area contributed by atoms with Gasteiger partial charge in [-0.2, -0.15) is 0 Å².